The maximum absolute atomic E-state index is 13.0. The van der Waals surface area contributed by atoms with Crippen molar-refractivity contribution in [1.29, 1.82) is 0 Å². The number of hydrogen-bond donors (Lipinski definition) is 2. The van der Waals surface area contributed by atoms with Crippen LogP contribution < -0.4 is 11.1 Å². The molecule has 1 fully saturated rings. The molecule has 0 atom stereocenters. The summed E-state index contributed by atoms with van der Waals surface area (Å²) in [5.41, 5.74) is 6.84. The number of sulfonamides is 1. The van der Waals surface area contributed by atoms with Crippen LogP contribution in [0.3, 0.4) is 0 Å². The number of anilines is 2. The number of rotatable bonds is 4. The first-order chi connectivity index (χ1) is 11.8. The molecule has 2 aromatic rings. The van der Waals surface area contributed by atoms with Gasteiger partial charge in [-0.3, -0.25) is 4.68 Å². The third-order valence-electron chi connectivity index (χ3n) is 4.50. The van der Waals surface area contributed by atoms with Crippen LogP contribution in [0.2, 0.25) is 0 Å². The third kappa shape index (κ3) is 3.45. The average molecular weight is 365 g/mol. The summed E-state index contributed by atoms with van der Waals surface area (Å²) in [5.74, 6) is 0.875. The Labute approximate surface area is 147 Å². The number of aromatic nitrogens is 4. The summed E-state index contributed by atoms with van der Waals surface area (Å²) in [6, 6.07) is 1.74. The molecule has 136 valence electrons. The predicted molar refractivity (Wildman–Crippen MR) is 94.5 cm³/mol. The van der Waals surface area contributed by atoms with Gasteiger partial charge < -0.3 is 11.1 Å². The first-order valence-corrected chi connectivity index (χ1v) is 9.58. The molecule has 1 aliphatic heterocycles. The zero-order valence-corrected chi connectivity index (χ0v) is 15.4. The van der Waals surface area contributed by atoms with E-state index in [0.29, 0.717) is 54.0 Å². The fraction of sp³-hybridized carbons (Fsp3) is 0.533. The van der Waals surface area contributed by atoms with E-state index in [4.69, 9.17) is 5.73 Å². The first-order valence-electron chi connectivity index (χ1n) is 8.14. The molecule has 0 aliphatic carbocycles. The van der Waals surface area contributed by atoms with Gasteiger partial charge in [-0.25, -0.2) is 13.4 Å². The normalized spacial score (nSPS) is 16.9. The van der Waals surface area contributed by atoms with Crippen molar-refractivity contribution in [2.75, 3.05) is 24.1 Å². The van der Waals surface area contributed by atoms with Crippen LogP contribution in [0.25, 0.3) is 0 Å². The Morgan fingerprint density at radius 2 is 1.96 bits per heavy atom. The molecule has 0 radical (unpaired) electrons. The van der Waals surface area contributed by atoms with Crippen molar-refractivity contribution in [3.05, 3.63) is 23.7 Å². The van der Waals surface area contributed by atoms with E-state index >= 15 is 0 Å². The molecule has 2 aromatic heterocycles. The maximum atomic E-state index is 13.0. The number of nitrogens with one attached hydrogen (secondary N) is 1. The number of nitrogens with zero attached hydrogens (tertiary/aromatic N) is 5. The summed E-state index contributed by atoms with van der Waals surface area (Å²) < 4.78 is 29.1. The van der Waals surface area contributed by atoms with Gasteiger partial charge in [0.15, 0.2) is 0 Å². The fourth-order valence-electron chi connectivity index (χ4n) is 3.12. The van der Waals surface area contributed by atoms with Crippen molar-refractivity contribution in [3.8, 4) is 0 Å². The van der Waals surface area contributed by atoms with Crippen molar-refractivity contribution >= 4 is 21.8 Å². The molecule has 0 amide bonds. The summed E-state index contributed by atoms with van der Waals surface area (Å²) in [7, 11) is -1.78. The standard InChI is InChI=1S/C15H23N7O2S/c1-10-14(11(2)21(3)20-10)25(23,24)22-8-5-12(6-9-22)18-15-17-7-4-13(16)19-15/h4,7,12H,5-6,8-9H2,1-3H3,(H3,16,17,18,19). The average Bonchev–Trinajstić information content (AvgIpc) is 2.81. The van der Waals surface area contributed by atoms with Crippen LogP contribution in [0.5, 0.6) is 0 Å². The molecule has 0 unspecified atom stereocenters. The summed E-state index contributed by atoms with van der Waals surface area (Å²) in [6.45, 7) is 4.38. The maximum Gasteiger partial charge on any atom is 0.246 e. The molecule has 3 heterocycles. The Morgan fingerprint density at radius 3 is 2.52 bits per heavy atom. The highest BCUT2D eigenvalue weighted by Crippen LogP contribution is 2.26. The Bertz CT molecular complexity index is 870. The van der Waals surface area contributed by atoms with Gasteiger partial charge in [-0.2, -0.15) is 14.4 Å². The highest BCUT2D eigenvalue weighted by molar-refractivity contribution is 7.89. The monoisotopic (exact) mass is 365 g/mol. The molecule has 1 aliphatic rings. The van der Waals surface area contributed by atoms with Crippen molar-refractivity contribution in [1.82, 2.24) is 24.1 Å². The van der Waals surface area contributed by atoms with E-state index in [1.807, 2.05) is 0 Å². The Kier molecular flexibility index (Phi) is 4.65. The van der Waals surface area contributed by atoms with E-state index < -0.39 is 10.0 Å². The molecule has 0 spiro atoms. The minimum absolute atomic E-state index is 0.115. The number of hydrogen-bond acceptors (Lipinski definition) is 7. The highest BCUT2D eigenvalue weighted by Gasteiger charge is 2.33. The molecule has 9 nitrogen and oxygen atoms in total. The van der Waals surface area contributed by atoms with E-state index in [0.717, 1.165) is 0 Å². The summed E-state index contributed by atoms with van der Waals surface area (Å²) in [5, 5.41) is 7.44. The second kappa shape index (κ2) is 6.60. The van der Waals surface area contributed by atoms with Crippen molar-refractivity contribution in [3.63, 3.8) is 0 Å². The molecule has 3 N–H and O–H groups in total. The first kappa shape index (κ1) is 17.6. The van der Waals surface area contributed by atoms with Gasteiger partial charge in [-0.05, 0) is 32.8 Å². The largest absolute Gasteiger partial charge is 0.384 e. The molecule has 3 rings (SSSR count). The lowest BCUT2D eigenvalue weighted by Gasteiger charge is -2.31. The highest BCUT2D eigenvalue weighted by atomic mass is 32.2. The number of aryl methyl sites for hydroxylation is 2. The summed E-state index contributed by atoms with van der Waals surface area (Å²) in [4.78, 5) is 8.57. The number of nitrogen functional groups attached to an aromatic ring is 1. The van der Waals surface area contributed by atoms with E-state index in [9.17, 15) is 8.42 Å². The SMILES string of the molecule is Cc1nn(C)c(C)c1S(=O)(=O)N1CCC(Nc2nccc(N)n2)CC1. The van der Waals surface area contributed by atoms with E-state index in [-0.39, 0.29) is 6.04 Å². The second-order valence-electron chi connectivity index (χ2n) is 6.25. The van der Waals surface area contributed by atoms with Gasteiger partial charge in [0.2, 0.25) is 16.0 Å². The molecule has 25 heavy (non-hydrogen) atoms. The van der Waals surface area contributed by atoms with Gasteiger partial charge in [-0.1, -0.05) is 0 Å². The fourth-order valence-corrected chi connectivity index (χ4v) is 4.99. The lowest BCUT2D eigenvalue weighted by Crippen LogP contribution is -2.42. The van der Waals surface area contributed by atoms with Crippen LogP contribution in [-0.2, 0) is 17.1 Å². The minimum atomic E-state index is -3.53. The molecule has 0 bridgehead atoms. The number of nitrogens with two attached hydrogens (primary N) is 1. The molecule has 10 heteroatoms. The smallest absolute Gasteiger partial charge is 0.246 e. The van der Waals surface area contributed by atoms with Crippen LogP contribution in [-0.4, -0.2) is 51.6 Å². The minimum Gasteiger partial charge on any atom is -0.384 e. The van der Waals surface area contributed by atoms with Crippen LogP contribution in [0.4, 0.5) is 11.8 Å². The van der Waals surface area contributed by atoms with Gasteiger partial charge in [0.05, 0.1) is 11.4 Å². The van der Waals surface area contributed by atoms with Crippen LogP contribution >= 0.6 is 0 Å². The molecular weight excluding hydrogens is 342 g/mol. The van der Waals surface area contributed by atoms with Crippen molar-refractivity contribution in [2.24, 2.45) is 7.05 Å². The Morgan fingerprint density at radius 1 is 1.28 bits per heavy atom. The van der Waals surface area contributed by atoms with Gasteiger partial charge in [0, 0.05) is 32.4 Å². The van der Waals surface area contributed by atoms with Crippen LogP contribution in [0, 0.1) is 13.8 Å². The third-order valence-corrected chi connectivity index (χ3v) is 6.66. The predicted octanol–water partition coefficient (Wildman–Crippen LogP) is 0.674. The van der Waals surface area contributed by atoms with Gasteiger partial charge in [-0.15, -0.1) is 0 Å². The van der Waals surface area contributed by atoms with E-state index in [1.165, 1.54) is 4.31 Å². The molecule has 1 saturated heterocycles. The van der Waals surface area contributed by atoms with E-state index in [2.05, 4.69) is 20.4 Å². The zero-order valence-electron chi connectivity index (χ0n) is 14.6. The second-order valence-corrected chi connectivity index (χ2v) is 8.13. The van der Waals surface area contributed by atoms with Gasteiger partial charge >= 0.3 is 0 Å². The zero-order chi connectivity index (χ0) is 18.2. The van der Waals surface area contributed by atoms with E-state index in [1.54, 1.807) is 37.8 Å². The van der Waals surface area contributed by atoms with Gasteiger partial charge in [0.1, 0.15) is 10.7 Å². The topological polar surface area (TPSA) is 119 Å². The summed E-state index contributed by atoms with van der Waals surface area (Å²) in [6.07, 6.45) is 2.95. The Hall–Kier alpha value is -2.20. The molecule has 0 aromatic carbocycles. The molecular formula is C15H23N7O2S. The van der Waals surface area contributed by atoms with Crippen molar-refractivity contribution in [2.45, 2.75) is 37.6 Å². The quantitative estimate of drug-likeness (QED) is 0.817. The lowest BCUT2D eigenvalue weighted by atomic mass is 10.1. The van der Waals surface area contributed by atoms with Crippen LogP contribution in [0.1, 0.15) is 24.2 Å². The summed E-state index contributed by atoms with van der Waals surface area (Å²) >= 11 is 0. The Balaban J connectivity index is 1.69. The van der Waals surface area contributed by atoms with Crippen molar-refractivity contribution < 1.29 is 8.42 Å². The van der Waals surface area contributed by atoms with Crippen LogP contribution in [0.15, 0.2) is 17.2 Å². The van der Waals surface area contributed by atoms with Gasteiger partial charge in [0.25, 0.3) is 0 Å². The molecule has 0 saturated carbocycles. The number of piperidine rings is 1. The lowest BCUT2D eigenvalue weighted by molar-refractivity contribution is 0.329.